The lowest BCUT2D eigenvalue weighted by atomic mass is 9.77. The maximum Gasteiger partial charge on any atom is 0.407 e. The number of benzene rings is 4. The molecule has 0 bridgehead atoms. The van der Waals surface area contributed by atoms with Gasteiger partial charge < -0.3 is 99.2 Å². The van der Waals surface area contributed by atoms with Crippen LogP contribution in [0.2, 0.25) is 0 Å². The largest absolute Gasteiger partial charge is 0.508 e. The van der Waals surface area contributed by atoms with Crippen LogP contribution in [0.25, 0.3) is 11.2 Å². The van der Waals surface area contributed by atoms with Gasteiger partial charge in [-0.25, -0.2) is 35.0 Å². The SMILES string of the molecule is NCCCC[C@@H](NC(=O)[C@H](CCCN(N)/C=C(\N)CCOC(=O)NCCNC(=S)Nc1ccc2c(c1)C(=O)OC21c2ccc(O)cc2Oc2cc(O)ccc21)NC(=O)CC[C@H](NC(=O)c1ccc(NCc2cnc3nc(N)nc(O)c3n2)cc1)C(=O)O)C(=O)O. The molecule has 0 saturated carbocycles. The lowest BCUT2D eigenvalue weighted by Gasteiger charge is -2.36. The van der Waals surface area contributed by atoms with Gasteiger partial charge in [-0.05, 0) is 118 Å². The topological polar surface area (TPSA) is 491 Å². The molecule has 0 saturated heterocycles. The minimum Gasteiger partial charge on any atom is -0.508 e. The summed E-state index contributed by atoms with van der Waals surface area (Å²) in [7, 11) is 0. The minimum atomic E-state index is -1.53. The number of thiocarbonyl (C=S) groups is 1. The second-order valence-corrected chi connectivity index (χ2v) is 21.1. The van der Waals surface area contributed by atoms with Crippen molar-refractivity contribution in [3.63, 3.8) is 0 Å². The summed E-state index contributed by atoms with van der Waals surface area (Å²) in [6.45, 7) is 0.657. The van der Waals surface area contributed by atoms with Gasteiger partial charge in [0.05, 0.1) is 30.6 Å². The number of carbonyl (C=O) groups excluding carboxylic acids is 5. The van der Waals surface area contributed by atoms with E-state index in [0.29, 0.717) is 53.1 Å². The second kappa shape index (κ2) is 29.7. The van der Waals surface area contributed by atoms with Crippen LogP contribution in [0.5, 0.6) is 28.9 Å². The van der Waals surface area contributed by atoms with Crippen molar-refractivity contribution < 1.29 is 73.3 Å². The number of phenolic OH excluding ortho intramolecular Hbond substituents is 2. The molecule has 4 aromatic carbocycles. The van der Waals surface area contributed by atoms with Crippen LogP contribution in [0.15, 0.2) is 97.0 Å². The van der Waals surface area contributed by atoms with Crippen molar-refractivity contribution >= 4 is 87.5 Å². The molecule has 0 fully saturated rings. The Balaban J connectivity index is 0.757. The van der Waals surface area contributed by atoms with Crippen molar-refractivity contribution in [3.8, 4) is 28.9 Å². The standard InChI is InChI=1S/C58H66N16O15S/c59-19-2-1-4-42(52(81)82)71-50(79)41(69-46(77)17-16-43(53(83)84)70-49(78)30-6-8-32(9-7-30)65-27-34-28-66-48-47(67-34)51(80)73-55(61)72-48)5-3-22-74(62)29-31(60)18-23-87-57(86)64-21-20-63-56(90)68-33-10-13-38-37(24-33)54(85)89-58(38)39-14-11-35(75)25-44(39)88-45-26-36(76)12-15-40(45)58/h6-15,24-26,28-29,41-43,65,75-76H,1-5,16-23,27,59-60,62H2,(H,64,86)(H,69,77)(H,70,78)(H,71,79)(H,81,82)(H,83,84)(H2,63,68,90)(H3,61,66,72,73,80)/b31-29-/t41-,42+,43-/m0/s1. The Kier molecular flexibility index (Phi) is 21.5. The third-order valence-electron chi connectivity index (χ3n) is 14.1. The molecule has 4 heterocycles. The van der Waals surface area contributed by atoms with E-state index >= 15 is 0 Å². The smallest absolute Gasteiger partial charge is 0.407 e. The number of carboxylic acid groups (broad SMARTS) is 2. The normalized spacial score (nSPS) is 13.6. The van der Waals surface area contributed by atoms with Gasteiger partial charge in [-0.2, -0.15) is 9.97 Å². The van der Waals surface area contributed by atoms with E-state index in [9.17, 15) is 59.1 Å². The molecule has 8 rings (SSSR count). The van der Waals surface area contributed by atoms with Crippen LogP contribution in [0.1, 0.15) is 94.5 Å². The number of hydrogen-bond donors (Lipinski definition) is 16. The summed E-state index contributed by atoms with van der Waals surface area (Å²) >= 11 is 5.46. The molecule has 0 radical (unpaired) electrons. The van der Waals surface area contributed by atoms with Crippen molar-refractivity contribution in [3.05, 3.63) is 130 Å². The zero-order valence-electron chi connectivity index (χ0n) is 48.1. The Hall–Kier alpha value is -10.9. The number of phenols is 2. The molecule has 0 unspecified atom stereocenters. The van der Waals surface area contributed by atoms with Crippen LogP contribution in [0, 0.1) is 0 Å². The minimum absolute atomic E-state index is 0.0541. The molecule has 474 valence electrons. The summed E-state index contributed by atoms with van der Waals surface area (Å²) in [4.78, 5) is 107. The van der Waals surface area contributed by atoms with Gasteiger partial charge in [0, 0.05) is 90.1 Å². The summed E-state index contributed by atoms with van der Waals surface area (Å²) in [5.41, 5.74) is 19.5. The molecule has 2 aromatic heterocycles. The van der Waals surface area contributed by atoms with Crippen LogP contribution < -0.4 is 65.0 Å². The van der Waals surface area contributed by atoms with Gasteiger partial charge >= 0.3 is 24.0 Å². The Labute approximate surface area is 517 Å². The first kappa shape index (κ1) is 65.1. The maximum absolute atomic E-state index is 13.6. The van der Waals surface area contributed by atoms with Gasteiger partial charge in [0.1, 0.15) is 41.1 Å². The summed E-state index contributed by atoms with van der Waals surface area (Å²) in [5, 5.41) is 70.8. The molecule has 6 aromatic rings. The number of nitrogens with two attached hydrogens (primary N) is 4. The molecule has 31 nitrogen and oxygen atoms in total. The number of alkyl carbamates (subject to hydrolysis) is 1. The van der Waals surface area contributed by atoms with Gasteiger partial charge in [0.2, 0.25) is 23.6 Å². The molecular formula is C58H66N16O15S. The molecule has 3 atom stereocenters. The van der Waals surface area contributed by atoms with Gasteiger partial charge in [0.15, 0.2) is 21.9 Å². The number of nitrogens with one attached hydrogen (secondary N) is 7. The summed E-state index contributed by atoms with van der Waals surface area (Å²) < 4.78 is 17.4. The monoisotopic (exact) mass is 1260 g/mol. The fraction of sp³-hybridized carbons (Fsp3) is 0.310. The number of ether oxygens (including phenoxy) is 3. The number of nitrogen functional groups attached to an aromatic ring is 1. The molecule has 90 heavy (non-hydrogen) atoms. The number of hydrazine groups is 1. The van der Waals surface area contributed by atoms with Gasteiger partial charge in [-0.3, -0.25) is 14.4 Å². The van der Waals surface area contributed by atoms with E-state index in [0.717, 1.165) is 0 Å². The van der Waals surface area contributed by atoms with E-state index < -0.39 is 77.8 Å². The molecular weight excluding hydrogens is 1190 g/mol. The number of anilines is 3. The van der Waals surface area contributed by atoms with Gasteiger partial charge in [-0.15, -0.1) is 0 Å². The number of aromatic nitrogens is 4. The zero-order chi connectivity index (χ0) is 64.6. The second-order valence-electron chi connectivity index (χ2n) is 20.6. The highest BCUT2D eigenvalue weighted by molar-refractivity contribution is 7.80. The first-order chi connectivity index (χ1) is 43.1. The number of esters is 1. The van der Waals surface area contributed by atoms with Gasteiger partial charge in [-0.1, -0.05) is 6.07 Å². The fourth-order valence-electron chi connectivity index (χ4n) is 9.73. The van der Waals surface area contributed by atoms with Crippen LogP contribution >= 0.6 is 12.2 Å². The molecule has 32 heteroatoms. The van der Waals surface area contributed by atoms with E-state index in [-0.39, 0.29) is 127 Å². The van der Waals surface area contributed by atoms with Crippen LogP contribution in [0.4, 0.5) is 22.1 Å². The number of hydrogen-bond acceptors (Lipinski definition) is 24. The highest BCUT2D eigenvalue weighted by Gasteiger charge is 2.54. The van der Waals surface area contributed by atoms with Crippen molar-refractivity contribution in [1.29, 1.82) is 0 Å². The van der Waals surface area contributed by atoms with E-state index in [1.807, 2.05) is 0 Å². The first-order valence-corrected chi connectivity index (χ1v) is 28.6. The van der Waals surface area contributed by atoms with Crippen molar-refractivity contribution in [1.82, 2.24) is 51.5 Å². The highest BCUT2D eigenvalue weighted by atomic mass is 32.1. The number of rotatable bonds is 29. The Bertz CT molecular complexity index is 3680. The van der Waals surface area contributed by atoms with E-state index in [1.54, 1.807) is 42.5 Å². The van der Waals surface area contributed by atoms with Crippen LogP contribution in [0.3, 0.4) is 0 Å². The number of aliphatic carboxylic acids is 2. The lowest BCUT2D eigenvalue weighted by molar-refractivity contribution is -0.142. The Morgan fingerprint density at radius 3 is 2.10 bits per heavy atom. The summed E-state index contributed by atoms with van der Waals surface area (Å²) in [5.74, 6) is 0.232. The summed E-state index contributed by atoms with van der Waals surface area (Å²) in [6, 6.07) is 15.8. The zero-order valence-corrected chi connectivity index (χ0v) is 48.9. The molecule has 1 spiro atoms. The quantitative estimate of drug-likeness (QED) is 0.0105. The number of fused-ring (bicyclic) bond motifs is 7. The third kappa shape index (κ3) is 16.6. The van der Waals surface area contributed by atoms with Crippen molar-refractivity contribution in [2.45, 2.75) is 81.6 Å². The van der Waals surface area contributed by atoms with Gasteiger partial charge in [0.25, 0.3) is 5.91 Å². The molecule has 2 aliphatic rings. The molecule has 20 N–H and O–H groups in total. The highest BCUT2D eigenvalue weighted by Crippen LogP contribution is 2.57. The predicted molar refractivity (Wildman–Crippen MR) is 326 cm³/mol. The number of unbranched alkanes of at least 4 members (excludes halogenated alkanes) is 1. The fourth-order valence-corrected chi connectivity index (χ4v) is 9.95. The van der Waals surface area contributed by atoms with Crippen LogP contribution in [-0.2, 0) is 40.8 Å². The van der Waals surface area contributed by atoms with Crippen LogP contribution in [-0.4, -0.2) is 148 Å². The number of nitrogens with zero attached hydrogens (tertiary/aromatic N) is 5. The number of amides is 4. The molecule has 2 aliphatic heterocycles. The number of aromatic hydroxyl groups is 3. The summed E-state index contributed by atoms with van der Waals surface area (Å²) in [6.07, 6.45) is 2.32. The lowest BCUT2D eigenvalue weighted by Crippen LogP contribution is -2.52. The Morgan fingerprint density at radius 1 is 0.756 bits per heavy atom. The third-order valence-corrected chi connectivity index (χ3v) is 14.4. The predicted octanol–water partition coefficient (Wildman–Crippen LogP) is 2.30. The average Bonchev–Trinajstić information content (AvgIpc) is 1.44. The van der Waals surface area contributed by atoms with Crippen molar-refractivity contribution in [2.24, 2.45) is 17.3 Å². The first-order valence-electron chi connectivity index (χ1n) is 28.1. The average molecular weight is 1260 g/mol. The van der Waals surface area contributed by atoms with Crippen molar-refractivity contribution in [2.75, 3.05) is 49.2 Å². The van der Waals surface area contributed by atoms with E-state index in [4.69, 9.17) is 49.5 Å². The number of carboxylic acids is 2. The number of carbonyl (C=O) groups is 7. The van der Waals surface area contributed by atoms with E-state index in [2.05, 4.69) is 57.2 Å². The Morgan fingerprint density at radius 2 is 1.41 bits per heavy atom. The maximum atomic E-state index is 13.6. The van der Waals surface area contributed by atoms with E-state index in [1.165, 1.54) is 53.8 Å². The molecule has 4 amide bonds. The molecule has 0 aliphatic carbocycles.